The third-order valence-electron chi connectivity index (χ3n) is 5.95. The summed E-state index contributed by atoms with van der Waals surface area (Å²) in [5, 5.41) is 28.7. The van der Waals surface area contributed by atoms with E-state index in [2.05, 4.69) is 36.2 Å². The average Bonchev–Trinajstić information content (AvgIpc) is 3.55. The first-order valence-corrected chi connectivity index (χ1v) is 12.2. The normalized spacial score (nSPS) is 13.4. The average molecular weight is 587 g/mol. The minimum absolute atomic E-state index is 0.0193. The maximum absolute atomic E-state index is 13.6. The van der Waals surface area contributed by atoms with Crippen molar-refractivity contribution in [3.8, 4) is 11.9 Å². The number of tetrazole rings is 1. The van der Waals surface area contributed by atoms with E-state index < -0.39 is 30.4 Å². The van der Waals surface area contributed by atoms with Gasteiger partial charge >= 0.3 is 6.18 Å². The number of carbonyl (C=O) groups excluding carboxylic acids is 2. The lowest BCUT2D eigenvalue weighted by atomic mass is 10.0. The van der Waals surface area contributed by atoms with Crippen LogP contribution in [0.15, 0.2) is 36.5 Å². The molecular formula is C24H18ClF3N10O3. The van der Waals surface area contributed by atoms with Crippen LogP contribution >= 0.6 is 11.6 Å². The van der Waals surface area contributed by atoms with E-state index in [1.54, 1.807) is 13.0 Å². The van der Waals surface area contributed by atoms with Gasteiger partial charge in [-0.1, -0.05) is 11.6 Å². The SMILES string of the molecule is Cc1cc(C#N)cc(C(=O)NC2COC2)c1NC(=O)c1cc(Cn2nnnc2C(F)(F)F)nn1-c1ncccc1Cl. The van der Waals surface area contributed by atoms with Gasteiger partial charge in [-0.25, -0.2) is 14.3 Å². The van der Waals surface area contributed by atoms with Crippen LogP contribution in [0.3, 0.4) is 0 Å². The van der Waals surface area contributed by atoms with Crippen molar-refractivity contribution in [2.24, 2.45) is 0 Å². The Morgan fingerprint density at radius 2 is 2.02 bits per heavy atom. The Morgan fingerprint density at radius 1 is 1.24 bits per heavy atom. The Balaban J connectivity index is 1.54. The molecule has 1 saturated heterocycles. The number of rotatable bonds is 7. The number of hydrogen-bond donors (Lipinski definition) is 2. The molecule has 4 aromatic rings. The number of aryl methyl sites for hydroxylation is 1. The number of nitriles is 1. The maximum atomic E-state index is 13.6. The zero-order valence-corrected chi connectivity index (χ0v) is 21.7. The molecule has 0 radical (unpaired) electrons. The first-order valence-electron chi connectivity index (χ1n) is 11.8. The minimum atomic E-state index is -4.83. The number of benzene rings is 1. The second-order valence-electron chi connectivity index (χ2n) is 8.89. The Labute approximate surface area is 233 Å². The van der Waals surface area contributed by atoms with Crippen LogP contribution in [0.1, 0.15) is 43.5 Å². The fraction of sp³-hybridized carbons (Fsp3) is 0.250. The number of nitrogens with zero attached hydrogens (tertiary/aromatic N) is 8. The van der Waals surface area contributed by atoms with Gasteiger partial charge < -0.3 is 15.4 Å². The smallest absolute Gasteiger partial charge is 0.377 e. The van der Waals surface area contributed by atoms with Crippen molar-refractivity contribution < 1.29 is 27.5 Å². The van der Waals surface area contributed by atoms with Gasteiger partial charge in [-0.2, -0.15) is 23.5 Å². The highest BCUT2D eigenvalue weighted by molar-refractivity contribution is 6.32. The highest BCUT2D eigenvalue weighted by atomic mass is 35.5. The standard InChI is InChI=1S/C24H18ClF3N10O3/c1-12-5-13(8-29)6-16(21(39)31-15-10-41-11-15)19(12)32-22(40)18-7-14(9-37-23(24(26,27)28)33-35-36-37)34-38(18)20-17(25)3-2-4-30-20/h2-7,15H,9-11H2,1H3,(H,31,39)(H,32,40). The Morgan fingerprint density at radius 3 is 2.68 bits per heavy atom. The zero-order valence-electron chi connectivity index (χ0n) is 21.0. The van der Waals surface area contributed by atoms with E-state index in [4.69, 9.17) is 16.3 Å². The number of aromatic nitrogens is 7. The fourth-order valence-electron chi connectivity index (χ4n) is 3.99. The van der Waals surface area contributed by atoms with Crippen molar-refractivity contribution in [2.75, 3.05) is 18.5 Å². The number of halogens is 4. The molecule has 0 saturated carbocycles. The van der Waals surface area contributed by atoms with Crippen molar-refractivity contribution in [1.29, 1.82) is 5.26 Å². The molecule has 0 spiro atoms. The molecular weight excluding hydrogens is 569 g/mol. The fourth-order valence-corrected chi connectivity index (χ4v) is 4.19. The molecule has 210 valence electrons. The first-order chi connectivity index (χ1) is 19.5. The number of anilines is 1. The summed E-state index contributed by atoms with van der Waals surface area (Å²) in [6.45, 7) is 1.73. The third-order valence-corrected chi connectivity index (χ3v) is 6.25. The van der Waals surface area contributed by atoms with Crippen molar-refractivity contribution in [2.45, 2.75) is 25.7 Å². The summed E-state index contributed by atoms with van der Waals surface area (Å²) < 4.78 is 46.6. The molecule has 0 bridgehead atoms. The van der Waals surface area contributed by atoms with Crippen molar-refractivity contribution in [3.63, 3.8) is 0 Å². The van der Waals surface area contributed by atoms with Crippen LogP contribution in [0.4, 0.5) is 18.9 Å². The van der Waals surface area contributed by atoms with Gasteiger partial charge in [0.1, 0.15) is 5.69 Å². The van der Waals surface area contributed by atoms with Crippen LogP contribution in [-0.4, -0.2) is 66.0 Å². The number of hydrogen-bond acceptors (Lipinski definition) is 9. The molecule has 1 aromatic carbocycles. The molecule has 5 rings (SSSR count). The quantitative estimate of drug-likeness (QED) is 0.331. The van der Waals surface area contributed by atoms with Gasteiger partial charge in [-0.15, -0.1) is 5.10 Å². The second kappa shape index (κ2) is 10.9. The second-order valence-corrected chi connectivity index (χ2v) is 9.30. The molecule has 17 heteroatoms. The molecule has 0 atom stereocenters. The van der Waals surface area contributed by atoms with Gasteiger partial charge in [0.15, 0.2) is 5.82 Å². The van der Waals surface area contributed by atoms with E-state index in [1.807, 2.05) is 6.07 Å². The van der Waals surface area contributed by atoms with Crippen LogP contribution in [-0.2, 0) is 17.5 Å². The van der Waals surface area contributed by atoms with Crippen LogP contribution in [0.5, 0.6) is 0 Å². The third kappa shape index (κ3) is 5.71. The lowest BCUT2D eigenvalue weighted by molar-refractivity contribution is -0.147. The van der Waals surface area contributed by atoms with Gasteiger partial charge in [-0.05, 0) is 53.2 Å². The predicted molar refractivity (Wildman–Crippen MR) is 134 cm³/mol. The Hall–Kier alpha value is -4.88. The topological polar surface area (TPSA) is 166 Å². The number of alkyl halides is 3. The van der Waals surface area contributed by atoms with E-state index >= 15 is 0 Å². The molecule has 0 aliphatic carbocycles. The van der Waals surface area contributed by atoms with Crippen LogP contribution in [0, 0.1) is 18.3 Å². The predicted octanol–water partition coefficient (Wildman–Crippen LogP) is 2.54. The summed E-state index contributed by atoms with van der Waals surface area (Å²) in [6, 6.07) is 8.86. The minimum Gasteiger partial charge on any atom is -0.377 e. The highest BCUT2D eigenvalue weighted by Crippen LogP contribution is 2.28. The summed E-state index contributed by atoms with van der Waals surface area (Å²) in [5.74, 6) is -2.64. The number of nitrogens with one attached hydrogen (secondary N) is 2. The Kier molecular flexibility index (Phi) is 7.39. The maximum Gasteiger partial charge on any atom is 0.453 e. The summed E-state index contributed by atoms with van der Waals surface area (Å²) in [7, 11) is 0. The molecule has 1 aliphatic rings. The van der Waals surface area contributed by atoms with Crippen LogP contribution in [0.2, 0.25) is 5.02 Å². The van der Waals surface area contributed by atoms with Crippen LogP contribution < -0.4 is 10.6 Å². The molecule has 2 N–H and O–H groups in total. The lowest BCUT2D eigenvalue weighted by Gasteiger charge is -2.27. The number of amides is 2. The lowest BCUT2D eigenvalue weighted by Crippen LogP contribution is -2.48. The van der Waals surface area contributed by atoms with E-state index in [0.717, 1.165) is 4.68 Å². The Bertz CT molecular complexity index is 1690. The summed E-state index contributed by atoms with van der Waals surface area (Å²) in [5.41, 5.74) is 0.586. The number of pyridine rings is 1. The molecule has 4 heterocycles. The molecule has 13 nitrogen and oxygen atoms in total. The molecule has 41 heavy (non-hydrogen) atoms. The van der Waals surface area contributed by atoms with Crippen molar-refractivity contribution in [3.05, 3.63) is 75.5 Å². The number of ether oxygens (including phenoxy) is 1. The first kappa shape index (κ1) is 27.7. The van der Waals surface area contributed by atoms with Gasteiger partial charge in [0.2, 0.25) is 0 Å². The van der Waals surface area contributed by atoms with Crippen molar-refractivity contribution in [1.82, 2.24) is 40.3 Å². The largest absolute Gasteiger partial charge is 0.453 e. The van der Waals surface area contributed by atoms with Crippen LogP contribution in [0.25, 0.3) is 5.82 Å². The summed E-state index contributed by atoms with van der Waals surface area (Å²) in [4.78, 5) is 30.8. The molecule has 0 unspecified atom stereocenters. The van der Waals surface area contributed by atoms with Crippen molar-refractivity contribution >= 4 is 29.1 Å². The molecule has 3 aromatic heterocycles. The molecule has 1 aliphatic heterocycles. The monoisotopic (exact) mass is 586 g/mol. The van der Waals surface area contributed by atoms with Gasteiger partial charge in [0, 0.05) is 6.20 Å². The van der Waals surface area contributed by atoms with E-state index in [9.17, 15) is 28.0 Å². The van der Waals surface area contributed by atoms with E-state index in [1.165, 1.54) is 30.5 Å². The molecule has 2 amide bonds. The van der Waals surface area contributed by atoms with E-state index in [-0.39, 0.29) is 45.1 Å². The number of carbonyl (C=O) groups is 2. The van der Waals surface area contributed by atoms with Gasteiger partial charge in [0.05, 0.1) is 59.4 Å². The highest BCUT2D eigenvalue weighted by Gasteiger charge is 2.38. The summed E-state index contributed by atoms with van der Waals surface area (Å²) in [6.07, 6.45) is -3.43. The zero-order chi connectivity index (χ0) is 29.3. The van der Waals surface area contributed by atoms with Gasteiger partial charge in [-0.3, -0.25) is 9.59 Å². The van der Waals surface area contributed by atoms with Gasteiger partial charge in [0.25, 0.3) is 17.6 Å². The van der Waals surface area contributed by atoms with E-state index in [0.29, 0.717) is 23.5 Å². The summed E-state index contributed by atoms with van der Waals surface area (Å²) >= 11 is 6.29. The molecule has 1 fully saturated rings.